The quantitative estimate of drug-likeness (QED) is 0.444. The summed E-state index contributed by atoms with van der Waals surface area (Å²) in [5.41, 5.74) is 0.604. The standard InChI is InChI=1S/C11H11Cl2N3O4/c1-20-6(18)2-5(17)8(19)4-3-14-10-7(4)9(12)15-11(13)16-10/h3,5,8,17,19H,2H2,1H3,(H,14,15,16). The first-order valence-corrected chi connectivity index (χ1v) is 6.32. The molecule has 0 aliphatic rings. The molecule has 7 nitrogen and oxygen atoms in total. The summed E-state index contributed by atoms with van der Waals surface area (Å²) in [6.45, 7) is 0. The Morgan fingerprint density at radius 3 is 2.80 bits per heavy atom. The van der Waals surface area contributed by atoms with Crippen molar-refractivity contribution >= 4 is 40.2 Å². The highest BCUT2D eigenvalue weighted by Gasteiger charge is 2.26. The van der Waals surface area contributed by atoms with Crippen molar-refractivity contribution in [2.24, 2.45) is 0 Å². The number of methoxy groups -OCH3 is 1. The van der Waals surface area contributed by atoms with Crippen molar-refractivity contribution in [3.05, 3.63) is 22.2 Å². The van der Waals surface area contributed by atoms with Crippen LogP contribution in [-0.4, -0.2) is 44.3 Å². The zero-order valence-corrected chi connectivity index (χ0v) is 11.8. The molecule has 2 heterocycles. The minimum atomic E-state index is -1.34. The number of esters is 1. The third-order valence-electron chi connectivity index (χ3n) is 2.78. The van der Waals surface area contributed by atoms with E-state index in [4.69, 9.17) is 23.2 Å². The number of nitrogens with one attached hydrogen (secondary N) is 1. The van der Waals surface area contributed by atoms with Crippen LogP contribution in [0.5, 0.6) is 0 Å². The Hall–Kier alpha value is -1.41. The average molecular weight is 320 g/mol. The second-order valence-corrected chi connectivity index (χ2v) is 4.74. The van der Waals surface area contributed by atoms with E-state index < -0.39 is 18.2 Å². The molecular weight excluding hydrogens is 309 g/mol. The van der Waals surface area contributed by atoms with E-state index in [-0.39, 0.29) is 22.4 Å². The predicted octanol–water partition coefficient (Wildman–Crippen LogP) is 1.22. The van der Waals surface area contributed by atoms with Crippen molar-refractivity contribution in [2.75, 3.05) is 7.11 Å². The van der Waals surface area contributed by atoms with Crippen LogP contribution in [-0.2, 0) is 9.53 Å². The molecule has 0 aromatic carbocycles. The second-order valence-electron chi connectivity index (χ2n) is 4.04. The second kappa shape index (κ2) is 5.92. The topological polar surface area (TPSA) is 108 Å². The van der Waals surface area contributed by atoms with Gasteiger partial charge in [0.1, 0.15) is 16.9 Å². The number of hydrogen-bond acceptors (Lipinski definition) is 6. The number of nitrogens with zero attached hydrogens (tertiary/aromatic N) is 2. The molecule has 2 aromatic heterocycles. The fourth-order valence-corrected chi connectivity index (χ4v) is 2.28. The van der Waals surface area contributed by atoms with Gasteiger partial charge in [0.15, 0.2) is 0 Å². The number of ether oxygens (including phenoxy) is 1. The average Bonchev–Trinajstić information content (AvgIpc) is 2.81. The van der Waals surface area contributed by atoms with Crippen LogP contribution in [0.15, 0.2) is 6.20 Å². The van der Waals surface area contributed by atoms with Gasteiger partial charge in [0.2, 0.25) is 5.28 Å². The molecular formula is C11H11Cl2N3O4. The molecule has 2 unspecified atom stereocenters. The van der Waals surface area contributed by atoms with Gasteiger partial charge in [-0.1, -0.05) is 11.6 Å². The van der Waals surface area contributed by atoms with Crippen LogP contribution in [0.4, 0.5) is 0 Å². The van der Waals surface area contributed by atoms with Crippen molar-refractivity contribution in [3.8, 4) is 0 Å². The zero-order chi connectivity index (χ0) is 14.9. The number of fused-ring (bicyclic) bond motifs is 1. The van der Waals surface area contributed by atoms with Gasteiger partial charge in [0, 0.05) is 11.8 Å². The van der Waals surface area contributed by atoms with E-state index in [1.807, 2.05) is 0 Å². The maximum Gasteiger partial charge on any atom is 0.308 e. The summed E-state index contributed by atoms with van der Waals surface area (Å²) in [6, 6.07) is 0. The van der Waals surface area contributed by atoms with Gasteiger partial charge in [-0.3, -0.25) is 4.79 Å². The molecule has 0 aliphatic heterocycles. The van der Waals surface area contributed by atoms with Crippen LogP contribution in [0.1, 0.15) is 18.1 Å². The highest BCUT2D eigenvalue weighted by atomic mass is 35.5. The lowest BCUT2D eigenvalue weighted by molar-refractivity contribution is -0.144. The molecule has 0 saturated carbocycles. The molecule has 0 aliphatic carbocycles. The lowest BCUT2D eigenvalue weighted by atomic mass is 10.0. The Balaban J connectivity index is 2.35. The number of halogens is 2. The monoisotopic (exact) mass is 319 g/mol. The van der Waals surface area contributed by atoms with E-state index in [9.17, 15) is 15.0 Å². The summed E-state index contributed by atoms with van der Waals surface area (Å²) in [5, 5.41) is 20.3. The summed E-state index contributed by atoms with van der Waals surface area (Å²) in [4.78, 5) is 21.5. The molecule has 2 atom stereocenters. The number of carbonyl (C=O) groups excluding carboxylic acids is 1. The van der Waals surface area contributed by atoms with Gasteiger partial charge < -0.3 is 19.9 Å². The number of aromatic nitrogens is 3. The molecule has 0 amide bonds. The molecule has 20 heavy (non-hydrogen) atoms. The smallest absolute Gasteiger partial charge is 0.308 e. The Kier molecular flexibility index (Phi) is 4.44. The van der Waals surface area contributed by atoms with Gasteiger partial charge in [-0.2, -0.15) is 4.98 Å². The molecule has 3 N–H and O–H groups in total. The van der Waals surface area contributed by atoms with Gasteiger partial charge >= 0.3 is 5.97 Å². The minimum Gasteiger partial charge on any atom is -0.469 e. The van der Waals surface area contributed by atoms with Gasteiger partial charge in [-0.25, -0.2) is 4.98 Å². The molecule has 108 valence electrons. The van der Waals surface area contributed by atoms with Crippen LogP contribution in [0, 0.1) is 0 Å². The first-order valence-electron chi connectivity index (χ1n) is 5.57. The van der Waals surface area contributed by atoms with E-state index in [1.54, 1.807) is 0 Å². The summed E-state index contributed by atoms with van der Waals surface area (Å²) >= 11 is 11.6. The third-order valence-corrected chi connectivity index (χ3v) is 3.22. The SMILES string of the molecule is COC(=O)CC(O)C(O)c1c[nH]c2nc(Cl)nc(Cl)c12. The Morgan fingerprint density at radius 2 is 2.15 bits per heavy atom. The van der Waals surface area contributed by atoms with Crippen LogP contribution in [0.25, 0.3) is 11.0 Å². The number of aliphatic hydroxyl groups excluding tert-OH is 2. The van der Waals surface area contributed by atoms with Crippen molar-refractivity contribution in [3.63, 3.8) is 0 Å². The largest absolute Gasteiger partial charge is 0.469 e. The minimum absolute atomic E-state index is 0.0412. The normalized spacial score (nSPS) is 14.2. The van der Waals surface area contributed by atoms with E-state index in [0.29, 0.717) is 11.0 Å². The Labute approximate surface area is 123 Å². The number of carbonyl (C=O) groups is 1. The number of hydrogen-bond donors (Lipinski definition) is 3. The fourth-order valence-electron chi connectivity index (χ4n) is 1.79. The molecule has 0 spiro atoms. The van der Waals surface area contributed by atoms with Crippen LogP contribution < -0.4 is 0 Å². The molecule has 0 saturated heterocycles. The van der Waals surface area contributed by atoms with E-state index >= 15 is 0 Å². The molecule has 2 rings (SSSR count). The maximum absolute atomic E-state index is 11.1. The number of H-pyrrole nitrogens is 1. The lowest BCUT2D eigenvalue weighted by Crippen LogP contribution is -2.22. The van der Waals surface area contributed by atoms with E-state index in [0.717, 1.165) is 0 Å². The summed E-state index contributed by atoms with van der Waals surface area (Å²) in [5.74, 6) is -0.637. The third kappa shape index (κ3) is 2.85. The van der Waals surface area contributed by atoms with Gasteiger partial charge in [0.25, 0.3) is 0 Å². The summed E-state index contributed by atoms with van der Waals surface area (Å²) < 4.78 is 4.43. The van der Waals surface area contributed by atoms with Crippen LogP contribution >= 0.6 is 23.2 Å². The van der Waals surface area contributed by atoms with Gasteiger partial charge in [0.05, 0.1) is 25.0 Å². The van der Waals surface area contributed by atoms with E-state index in [1.165, 1.54) is 13.3 Å². The summed E-state index contributed by atoms with van der Waals surface area (Å²) in [6.07, 6.45) is -1.61. The molecule has 2 aromatic rings. The molecule has 0 bridgehead atoms. The molecule has 0 fully saturated rings. The van der Waals surface area contributed by atoms with Crippen LogP contribution in [0.2, 0.25) is 10.4 Å². The Bertz CT molecular complexity index is 646. The highest BCUT2D eigenvalue weighted by molar-refractivity contribution is 6.35. The molecule has 9 heteroatoms. The van der Waals surface area contributed by atoms with Gasteiger partial charge in [-0.15, -0.1) is 0 Å². The highest BCUT2D eigenvalue weighted by Crippen LogP contribution is 2.31. The first-order chi connectivity index (χ1) is 9.43. The predicted molar refractivity (Wildman–Crippen MR) is 71.5 cm³/mol. The van der Waals surface area contributed by atoms with E-state index in [2.05, 4.69) is 19.7 Å². The fraction of sp³-hybridized carbons (Fsp3) is 0.364. The van der Waals surface area contributed by atoms with Gasteiger partial charge in [-0.05, 0) is 11.6 Å². The maximum atomic E-state index is 11.1. The van der Waals surface area contributed by atoms with Crippen molar-refractivity contribution in [2.45, 2.75) is 18.6 Å². The van der Waals surface area contributed by atoms with Crippen molar-refractivity contribution in [1.82, 2.24) is 15.0 Å². The van der Waals surface area contributed by atoms with Crippen LogP contribution in [0.3, 0.4) is 0 Å². The molecule has 0 radical (unpaired) electrons. The number of aliphatic hydroxyl groups is 2. The zero-order valence-electron chi connectivity index (χ0n) is 10.3. The summed E-state index contributed by atoms with van der Waals surface area (Å²) in [7, 11) is 1.19. The number of aromatic amines is 1. The lowest BCUT2D eigenvalue weighted by Gasteiger charge is -2.16. The first kappa shape index (κ1) is 15.0. The van der Waals surface area contributed by atoms with Crippen molar-refractivity contribution < 1.29 is 19.7 Å². The number of rotatable bonds is 4. The Morgan fingerprint density at radius 1 is 1.45 bits per heavy atom. The van der Waals surface area contributed by atoms with Crippen molar-refractivity contribution in [1.29, 1.82) is 0 Å².